The van der Waals surface area contributed by atoms with Gasteiger partial charge < -0.3 is 21.4 Å². The zero-order valence-electron chi connectivity index (χ0n) is 18.5. The first-order valence-electron chi connectivity index (χ1n) is 11.2. The first kappa shape index (κ1) is 21.4. The third-order valence-corrected chi connectivity index (χ3v) is 6.10. The molecule has 3 heterocycles. The topological polar surface area (TPSA) is 126 Å². The van der Waals surface area contributed by atoms with Gasteiger partial charge in [0.15, 0.2) is 0 Å². The average molecular weight is 453 g/mol. The zero-order chi connectivity index (χ0) is 23.5. The molecule has 1 fully saturated rings. The fourth-order valence-corrected chi connectivity index (χ4v) is 4.43. The Kier molecular flexibility index (Phi) is 5.79. The van der Waals surface area contributed by atoms with Crippen molar-refractivity contribution in [2.75, 3.05) is 11.1 Å². The average Bonchev–Trinajstić information content (AvgIpc) is 3.29. The van der Waals surface area contributed by atoms with Crippen LogP contribution in [-0.2, 0) is 0 Å². The summed E-state index contributed by atoms with van der Waals surface area (Å²) in [6, 6.07) is 11.4. The Morgan fingerprint density at radius 1 is 1.12 bits per heavy atom. The zero-order valence-corrected chi connectivity index (χ0v) is 18.5. The van der Waals surface area contributed by atoms with Crippen LogP contribution in [0, 0.1) is 6.57 Å². The third-order valence-electron chi connectivity index (χ3n) is 6.10. The number of nitrogen functional groups attached to an aromatic ring is 1. The van der Waals surface area contributed by atoms with Gasteiger partial charge in [-0.1, -0.05) is 18.2 Å². The molecule has 170 valence electrons. The predicted molar refractivity (Wildman–Crippen MR) is 131 cm³/mol. The van der Waals surface area contributed by atoms with Crippen molar-refractivity contribution in [1.29, 1.82) is 0 Å². The van der Waals surface area contributed by atoms with Gasteiger partial charge in [0.1, 0.15) is 5.69 Å². The predicted octanol–water partition coefficient (Wildman–Crippen LogP) is 4.31. The molecule has 1 aromatic carbocycles. The molecule has 4 aromatic rings. The van der Waals surface area contributed by atoms with E-state index >= 15 is 0 Å². The fourth-order valence-electron chi connectivity index (χ4n) is 4.43. The summed E-state index contributed by atoms with van der Waals surface area (Å²) in [5.74, 6) is 0.273. The maximum absolute atomic E-state index is 12.6. The van der Waals surface area contributed by atoms with Crippen molar-refractivity contribution in [2.24, 2.45) is 0 Å². The van der Waals surface area contributed by atoms with Crippen LogP contribution < -0.4 is 16.4 Å². The number of benzene rings is 1. The first-order chi connectivity index (χ1) is 16.6. The number of carbonyl (C=O) groups excluding carboxylic acids is 1. The number of H-pyrrole nitrogens is 1. The van der Waals surface area contributed by atoms with Crippen LogP contribution in [0.5, 0.6) is 0 Å². The number of aromatic amines is 1. The van der Waals surface area contributed by atoms with E-state index in [2.05, 4.69) is 30.4 Å². The van der Waals surface area contributed by atoms with Crippen LogP contribution in [0.15, 0.2) is 55.0 Å². The summed E-state index contributed by atoms with van der Waals surface area (Å²) in [6.45, 7) is 7.55. The van der Waals surface area contributed by atoms with Gasteiger partial charge in [-0.3, -0.25) is 4.79 Å². The number of anilines is 2. The van der Waals surface area contributed by atoms with E-state index < -0.39 is 0 Å². The van der Waals surface area contributed by atoms with Gasteiger partial charge in [-0.2, -0.15) is 0 Å². The second kappa shape index (κ2) is 9.19. The number of para-hydroxylation sites is 1. The lowest BCUT2D eigenvalue weighted by Crippen LogP contribution is -2.42. The van der Waals surface area contributed by atoms with Crippen molar-refractivity contribution < 1.29 is 4.79 Å². The molecular weight excluding hydrogens is 428 g/mol. The Hall–Kier alpha value is -4.45. The number of nitrogens with two attached hydrogens (primary N) is 1. The second-order valence-corrected chi connectivity index (χ2v) is 8.44. The molecule has 0 bridgehead atoms. The van der Waals surface area contributed by atoms with Gasteiger partial charge in [-0.05, 0) is 43.9 Å². The number of hydrogen-bond donors (Lipinski definition) is 4. The molecule has 9 nitrogen and oxygen atoms in total. The minimum atomic E-state index is -0.204. The Morgan fingerprint density at radius 3 is 2.79 bits per heavy atom. The van der Waals surface area contributed by atoms with Crippen molar-refractivity contribution in [3.63, 3.8) is 0 Å². The monoisotopic (exact) mass is 452 g/mol. The van der Waals surface area contributed by atoms with Crippen LogP contribution in [0.25, 0.3) is 27.0 Å². The second-order valence-electron chi connectivity index (χ2n) is 8.44. The van der Waals surface area contributed by atoms with E-state index in [4.69, 9.17) is 17.3 Å². The number of carbonyl (C=O) groups is 1. The van der Waals surface area contributed by atoms with E-state index in [1.54, 1.807) is 18.3 Å². The molecule has 0 unspecified atom stereocenters. The van der Waals surface area contributed by atoms with Gasteiger partial charge in [-0.15, -0.1) is 0 Å². The smallest absolute Gasteiger partial charge is 0.270 e. The van der Waals surface area contributed by atoms with Crippen LogP contribution in [0.4, 0.5) is 17.3 Å². The Bertz CT molecular complexity index is 1370. The maximum Gasteiger partial charge on any atom is 0.270 e. The fraction of sp³-hybridized carbons (Fsp3) is 0.240. The van der Waals surface area contributed by atoms with Gasteiger partial charge in [0.25, 0.3) is 5.91 Å². The van der Waals surface area contributed by atoms with Crippen molar-refractivity contribution in [2.45, 2.75) is 37.8 Å². The molecular formula is C25H24N8O. The lowest BCUT2D eigenvalue weighted by molar-refractivity contribution is 0.0921. The molecule has 5 rings (SSSR count). The minimum absolute atomic E-state index is 0.0219. The highest BCUT2D eigenvalue weighted by atomic mass is 16.1. The molecule has 9 heteroatoms. The number of aromatic nitrogens is 4. The summed E-state index contributed by atoms with van der Waals surface area (Å²) in [5.41, 5.74) is 9.39. The summed E-state index contributed by atoms with van der Waals surface area (Å²) in [6.07, 6.45) is 8.48. The highest BCUT2D eigenvalue weighted by Crippen LogP contribution is 2.34. The van der Waals surface area contributed by atoms with Crippen LogP contribution >= 0.6 is 0 Å². The van der Waals surface area contributed by atoms with E-state index in [9.17, 15) is 4.79 Å². The molecule has 0 saturated heterocycles. The molecule has 0 spiro atoms. The highest BCUT2D eigenvalue weighted by molar-refractivity contribution is 5.97. The van der Waals surface area contributed by atoms with Crippen molar-refractivity contribution >= 4 is 34.1 Å². The number of hydrogen-bond acceptors (Lipinski definition) is 6. The lowest BCUT2D eigenvalue weighted by atomic mass is 9.91. The number of pyridine rings is 1. The summed E-state index contributed by atoms with van der Waals surface area (Å²) in [7, 11) is 0. The maximum atomic E-state index is 12.6. The Labute approximate surface area is 196 Å². The van der Waals surface area contributed by atoms with E-state index in [1.165, 1.54) is 6.20 Å². The van der Waals surface area contributed by atoms with Crippen LogP contribution in [0.1, 0.15) is 36.2 Å². The molecule has 1 amide bonds. The number of fused-ring (bicyclic) bond motifs is 1. The quantitative estimate of drug-likeness (QED) is 0.334. The van der Waals surface area contributed by atoms with Gasteiger partial charge in [0.05, 0.1) is 24.2 Å². The summed E-state index contributed by atoms with van der Waals surface area (Å²) in [4.78, 5) is 32.6. The molecule has 0 radical (unpaired) electrons. The van der Waals surface area contributed by atoms with E-state index in [1.807, 2.05) is 30.5 Å². The van der Waals surface area contributed by atoms with E-state index in [-0.39, 0.29) is 18.0 Å². The number of nitrogens with one attached hydrogen (secondary N) is 3. The van der Waals surface area contributed by atoms with Gasteiger partial charge >= 0.3 is 0 Å². The number of amides is 1. The van der Waals surface area contributed by atoms with Crippen molar-refractivity contribution in [1.82, 2.24) is 25.3 Å². The molecule has 2 atom stereocenters. The first-order valence-corrected chi connectivity index (χ1v) is 11.2. The van der Waals surface area contributed by atoms with Gasteiger partial charge in [0, 0.05) is 40.9 Å². The molecule has 3 aromatic heterocycles. The molecule has 5 N–H and O–H groups in total. The van der Waals surface area contributed by atoms with Gasteiger partial charge in [0.2, 0.25) is 11.6 Å². The molecule has 1 saturated carbocycles. The Balaban J connectivity index is 1.31. The summed E-state index contributed by atoms with van der Waals surface area (Å²) < 4.78 is 0. The number of nitrogens with zero attached hydrogens (tertiary/aromatic N) is 4. The van der Waals surface area contributed by atoms with E-state index in [0.717, 1.165) is 42.1 Å². The van der Waals surface area contributed by atoms with Gasteiger partial charge in [-0.25, -0.2) is 19.8 Å². The van der Waals surface area contributed by atoms with Crippen LogP contribution in [-0.4, -0.2) is 37.9 Å². The normalized spacial score (nSPS) is 17.7. The number of rotatable bonds is 5. The highest BCUT2D eigenvalue weighted by Gasteiger charge is 2.25. The van der Waals surface area contributed by atoms with Crippen molar-refractivity contribution in [3.05, 3.63) is 72.1 Å². The largest absolute Gasteiger partial charge is 0.397 e. The standard InChI is InChI=1S/C25H24N8O/c1-27-22-14-30-25(33-23(22)19-13-29-20-8-3-2-7-18(19)20)32-17-6-4-5-16(11-17)31-24(34)21-10-9-15(26)12-28-21/h2-3,7-10,12-14,16-17,29H,4-6,11,26H2,(H,31,34)(H,30,32,33)/t16-,17+/m0/s1. The molecule has 1 aliphatic rings. The molecule has 1 aliphatic carbocycles. The molecule has 0 aliphatic heterocycles. The van der Waals surface area contributed by atoms with Crippen molar-refractivity contribution in [3.8, 4) is 11.3 Å². The minimum Gasteiger partial charge on any atom is -0.397 e. The molecule has 34 heavy (non-hydrogen) atoms. The summed E-state index contributed by atoms with van der Waals surface area (Å²) in [5, 5.41) is 7.50. The summed E-state index contributed by atoms with van der Waals surface area (Å²) >= 11 is 0. The Morgan fingerprint density at radius 2 is 1.97 bits per heavy atom. The van der Waals surface area contributed by atoms with E-state index in [0.29, 0.717) is 28.7 Å². The SMILES string of the molecule is [C-]#[N+]c1cnc(N[C@@H]2CCC[C@H](NC(=O)c3ccc(N)cn3)C2)nc1-c1c[nH]c2ccccc12. The lowest BCUT2D eigenvalue weighted by Gasteiger charge is -2.30. The van der Waals surface area contributed by atoms with Crippen LogP contribution in [0.3, 0.4) is 0 Å². The van der Waals surface area contributed by atoms with Crippen LogP contribution in [0.2, 0.25) is 0 Å². The third kappa shape index (κ3) is 4.38.